The maximum absolute atomic E-state index is 9.13. The SMILES string of the molecule is C[N-]CCN1CC[C@@H](O)C1. The molecule has 10 heavy (non-hydrogen) atoms. The first-order chi connectivity index (χ1) is 4.83. The van der Waals surface area contributed by atoms with Gasteiger partial charge in [0.1, 0.15) is 0 Å². The molecule has 1 aliphatic rings. The monoisotopic (exact) mass is 143 g/mol. The number of aliphatic hydroxyl groups excluding tert-OH is 1. The van der Waals surface area contributed by atoms with Crippen molar-refractivity contribution in [3.05, 3.63) is 5.32 Å². The highest BCUT2D eigenvalue weighted by atomic mass is 16.3. The summed E-state index contributed by atoms with van der Waals surface area (Å²) < 4.78 is 0. The maximum Gasteiger partial charge on any atom is 0.0679 e. The molecule has 0 spiro atoms. The molecule has 1 N–H and O–H groups in total. The summed E-state index contributed by atoms with van der Waals surface area (Å²) in [4.78, 5) is 2.25. The third-order valence-electron chi connectivity index (χ3n) is 1.89. The Hall–Kier alpha value is -0.120. The second-order valence-corrected chi connectivity index (χ2v) is 2.78. The first-order valence-corrected chi connectivity index (χ1v) is 3.79. The van der Waals surface area contributed by atoms with Crippen molar-refractivity contribution in [2.75, 3.05) is 33.2 Å². The Labute approximate surface area is 62.0 Å². The maximum atomic E-state index is 9.13. The molecule has 1 fully saturated rings. The molecule has 1 saturated heterocycles. The largest absolute Gasteiger partial charge is 0.664 e. The molecule has 0 aliphatic carbocycles. The van der Waals surface area contributed by atoms with Crippen molar-refractivity contribution < 1.29 is 5.11 Å². The van der Waals surface area contributed by atoms with Crippen LogP contribution in [0.1, 0.15) is 6.42 Å². The van der Waals surface area contributed by atoms with E-state index >= 15 is 0 Å². The number of aliphatic hydroxyl groups is 1. The van der Waals surface area contributed by atoms with E-state index in [1.807, 2.05) is 7.05 Å². The van der Waals surface area contributed by atoms with E-state index < -0.39 is 0 Å². The Kier molecular flexibility index (Phi) is 3.12. The van der Waals surface area contributed by atoms with E-state index in [4.69, 9.17) is 5.11 Å². The highest BCUT2D eigenvalue weighted by Crippen LogP contribution is 2.07. The molecule has 3 nitrogen and oxygen atoms in total. The summed E-state index contributed by atoms with van der Waals surface area (Å²) in [6.45, 7) is 3.78. The lowest BCUT2D eigenvalue weighted by Crippen LogP contribution is -2.24. The number of likely N-dealkylation sites (N-methyl/N-ethyl adjacent to an activating group) is 1. The summed E-state index contributed by atoms with van der Waals surface area (Å²) in [6, 6.07) is 0. The zero-order valence-corrected chi connectivity index (χ0v) is 6.45. The molecule has 60 valence electrons. The Morgan fingerprint density at radius 3 is 3.00 bits per heavy atom. The fourth-order valence-corrected chi connectivity index (χ4v) is 1.26. The van der Waals surface area contributed by atoms with Crippen molar-refractivity contribution in [1.29, 1.82) is 0 Å². The molecule has 1 atom stereocenters. The van der Waals surface area contributed by atoms with Gasteiger partial charge in [0.15, 0.2) is 0 Å². The Balaban J connectivity index is 2.06. The van der Waals surface area contributed by atoms with Crippen LogP contribution in [0.25, 0.3) is 5.32 Å². The summed E-state index contributed by atoms with van der Waals surface area (Å²) in [5.41, 5.74) is 0. The summed E-state index contributed by atoms with van der Waals surface area (Å²) in [5.74, 6) is 0. The molecule has 3 heteroatoms. The van der Waals surface area contributed by atoms with Crippen LogP contribution in [0.3, 0.4) is 0 Å². The van der Waals surface area contributed by atoms with E-state index in [9.17, 15) is 0 Å². The Morgan fingerprint density at radius 2 is 2.50 bits per heavy atom. The van der Waals surface area contributed by atoms with E-state index in [1.54, 1.807) is 0 Å². The van der Waals surface area contributed by atoms with Crippen LogP contribution in [-0.2, 0) is 0 Å². The van der Waals surface area contributed by atoms with Gasteiger partial charge in [0, 0.05) is 13.1 Å². The van der Waals surface area contributed by atoms with Crippen molar-refractivity contribution in [2.45, 2.75) is 12.5 Å². The second-order valence-electron chi connectivity index (χ2n) is 2.78. The zero-order valence-electron chi connectivity index (χ0n) is 6.45. The normalized spacial score (nSPS) is 27.6. The highest BCUT2D eigenvalue weighted by Gasteiger charge is 2.17. The van der Waals surface area contributed by atoms with Gasteiger partial charge in [0.05, 0.1) is 6.10 Å². The van der Waals surface area contributed by atoms with Gasteiger partial charge < -0.3 is 15.3 Å². The van der Waals surface area contributed by atoms with Crippen LogP contribution in [0.5, 0.6) is 0 Å². The van der Waals surface area contributed by atoms with Gasteiger partial charge in [-0.2, -0.15) is 7.05 Å². The minimum atomic E-state index is -0.0862. The van der Waals surface area contributed by atoms with Gasteiger partial charge in [-0.25, -0.2) is 0 Å². The molecule has 0 saturated carbocycles. The average molecular weight is 143 g/mol. The van der Waals surface area contributed by atoms with Crippen molar-refractivity contribution in [2.24, 2.45) is 0 Å². The topological polar surface area (TPSA) is 37.6 Å². The number of hydrogen-bond acceptors (Lipinski definition) is 2. The molecular weight excluding hydrogens is 128 g/mol. The minimum Gasteiger partial charge on any atom is -0.664 e. The number of β-amino-alcohol motifs (C(OH)–C–C–N with tert-alkyl or cyclic N) is 1. The molecular formula is C7H15N2O-. The molecule has 0 aromatic carbocycles. The fraction of sp³-hybridized carbons (Fsp3) is 1.00. The van der Waals surface area contributed by atoms with Crippen molar-refractivity contribution in [3.63, 3.8) is 0 Å². The van der Waals surface area contributed by atoms with E-state index in [-0.39, 0.29) is 6.10 Å². The standard InChI is InChI=1S/C7H15N2O/c1-8-3-5-9-4-2-7(10)6-9/h7,10H,2-6H2,1H3/q-1/t7-/m1/s1. The summed E-state index contributed by atoms with van der Waals surface area (Å²) in [7, 11) is 1.83. The Morgan fingerprint density at radius 1 is 1.70 bits per heavy atom. The predicted molar refractivity (Wildman–Crippen MR) is 41.2 cm³/mol. The molecule has 0 aromatic heterocycles. The van der Waals surface area contributed by atoms with Gasteiger partial charge in [-0.05, 0) is 13.0 Å². The van der Waals surface area contributed by atoms with Crippen molar-refractivity contribution in [1.82, 2.24) is 4.90 Å². The summed E-state index contributed by atoms with van der Waals surface area (Å²) >= 11 is 0. The number of hydrogen-bond donors (Lipinski definition) is 1. The van der Waals surface area contributed by atoms with Gasteiger partial charge in [0.25, 0.3) is 0 Å². The van der Waals surface area contributed by atoms with Gasteiger partial charge in [-0.1, -0.05) is 0 Å². The highest BCUT2D eigenvalue weighted by molar-refractivity contribution is 4.79. The van der Waals surface area contributed by atoms with E-state index in [0.29, 0.717) is 0 Å². The quantitative estimate of drug-likeness (QED) is 0.606. The lowest BCUT2D eigenvalue weighted by molar-refractivity contribution is 0.178. The second kappa shape index (κ2) is 3.91. The first-order valence-electron chi connectivity index (χ1n) is 3.79. The third-order valence-corrected chi connectivity index (χ3v) is 1.89. The van der Waals surface area contributed by atoms with Crippen LogP contribution in [0.15, 0.2) is 0 Å². The van der Waals surface area contributed by atoms with E-state index in [1.165, 1.54) is 0 Å². The predicted octanol–water partition coefficient (Wildman–Crippen LogP) is 0.0565. The smallest absolute Gasteiger partial charge is 0.0679 e. The molecule has 1 heterocycles. The van der Waals surface area contributed by atoms with E-state index in [2.05, 4.69) is 10.2 Å². The summed E-state index contributed by atoms with van der Waals surface area (Å²) in [5, 5.41) is 13.1. The molecule has 0 aromatic rings. The molecule has 0 unspecified atom stereocenters. The van der Waals surface area contributed by atoms with Crippen LogP contribution in [0, 0.1) is 0 Å². The lowest BCUT2D eigenvalue weighted by atomic mass is 10.3. The summed E-state index contributed by atoms with van der Waals surface area (Å²) in [6.07, 6.45) is 0.848. The number of rotatable bonds is 3. The van der Waals surface area contributed by atoms with Gasteiger partial charge in [-0.3, -0.25) is 0 Å². The lowest BCUT2D eigenvalue weighted by Gasteiger charge is -2.19. The van der Waals surface area contributed by atoms with Crippen LogP contribution >= 0.6 is 0 Å². The average Bonchev–Trinajstić information content (AvgIpc) is 2.31. The number of likely N-dealkylation sites (tertiary alicyclic amines) is 1. The van der Waals surface area contributed by atoms with Crippen molar-refractivity contribution >= 4 is 0 Å². The molecule has 0 bridgehead atoms. The van der Waals surface area contributed by atoms with Crippen LogP contribution in [0.2, 0.25) is 0 Å². The van der Waals surface area contributed by atoms with Gasteiger partial charge in [-0.15, -0.1) is 6.54 Å². The molecule has 1 aliphatic heterocycles. The Bertz CT molecular complexity index is 97.6. The first kappa shape index (κ1) is 7.98. The molecule has 0 radical (unpaired) electrons. The molecule has 0 amide bonds. The minimum absolute atomic E-state index is 0.0862. The van der Waals surface area contributed by atoms with Gasteiger partial charge in [0.2, 0.25) is 0 Å². The van der Waals surface area contributed by atoms with Gasteiger partial charge >= 0.3 is 0 Å². The fourth-order valence-electron chi connectivity index (χ4n) is 1.26. The van der Waals surface area contributed by atoms with Crippen molar-refractivity contribution in [3.8, 4) is 0 Å². The van der Waals surface area contributed by atoms with Crippen LogP contribution < -0.4 is 0 Å². The van der Waals surface area contributed by atoms with Crippen LogP contribution in [-0.4, -0.2) is 49.3 Å². The third kappa shape index (κ3) is 2.25. The van der Waals surface area contributed by atoms with E-state index in [0.717, 1.165) is 32.6 Å². The molecule has 1 rings (SSSR count). The zero-order chi connectivity index (χ0) is 7.40. The van der Waals surface area contributed by atoms with Crippen LogP contribution in [0.4, 0.5) is 0 Å². The number of nitrogens with zero attached hydrogens (tertiary/aromatic N) is 2.